The zero-order chi connectivity index (χ0) is 23.4. The Kier molecular flexibility index (Phi) is 6.68. The van der Waals surface area contributed by atoms with E-state index in [1.165, 1.54) is 17.0 Å². The molecule has 1 aliphatic rings. The Morgan fingerprint density at radius 1 is 1.09 bits per heavy atom. The molecule has 0 saturated carbocycles. The van der Waals surface area contributed by atoms with Crippen LogP contribution in [-0.4, -0.2) is 36.3 Å². The van der Waals surface area contributed by atoms with E-state index in [2.05, 4.69) is 5.16 Å². The average molecular weight is 450 g/mol. The first-order valence-corrected chi connectivity index (χ1v) is 10.6. The van der Waals surface area contributed by atoms with Crippen molar-refractivity contribution in [2.75, 3.05) is 13.7 Å². The van der Waals surface area contributed by atoms with Gasteiger partial charge >= 0.3 is 0 Å². The highest BCUT2D eigenvalue weighted by Crippen LogP contribution is 2.22. The maximum Gasteiger partial charge on any atom is 0.254 e. The predicted octanol–water partition coefficient (Wildman–Crippen LogP) is 5.12. The minimum Gasteiger partial charge on any atom is -0.497 e. The molecule has 170 valence electrons. The molecule has 1 atom stereocenters. The Bertz CT molecular complexity index is 1160. The van der Waals surface area contributed by atoms with Crippen LogP contribution in [0.15, 0.2) is 71.9 Å². The van der Waals surface area contributed by atoms with Gasteiger partial charge in [0.1, 0.15) is 17.4 Å². The van der Waals surface area contributed by atoms with E-state index in [1.54, 1.807) is 31.4 Å². The fraction of sp³-hybridized carbons (Fsp3) is 0.231. The monoisotopic (exact) mass is 450 g/mol. The molecule has 0 N–H and O–H groups in total. The van der Waals surface area contributed by atoms with Crippen molar-refractivity contribution in [3.63, 3.8) is 0 Å². The summed E-state index contributed by atoms with van der Waals surface area (Å²) in [5, 5.41) is 4.20. The summed E-state index contributed by atoms with van der Waals surface area (Å²) >= 11 is 0. The van der Waals surface area contributed by atoms with Crippen LogP contribution in [0.2, 0.25) is 0 Å². The molecule has 4 rings (SSSR count). The molecule has 33 heavy (non-hydrogen) atoms. The highest BCUT2D eigenvalue weighted by molar-refractivity contribution is 6.01. The minimum absolute atomic E-state index is 0.0311. The summed E-state index contributed by atoms with van der Waals surface area (Å²) in [5.41, 5.74) is 3.55. The normalized spacial score (nSPS) is 15.0. The van der Waals surface area contributed by atoms with Crippen molar-refractivity contribution in [2.45, 2.75) is 26.0 Å². The lowest BCUT2D eigenvalue weighted by atomic mass is 10.0. The lowest BCUT2D eigenvalue weighted by Gasteiger charge is -2.25. The maximum absolute atomic E-state index is 14.4. The van der Waals surface area contributed by atoms with Crippen molar-refractivity contribution in [1.82, 2.24) is 4.90 Å². The number of halogens is 2. The highest BCUT2D eigenvalue weighted by atomic mass is 19.1. The van der Waals surface area contributed by atoms with Crippen molar-refractivity contribution >= 4 is 11.6 Å². The smallest absolute Gasteiger partial charge is 0.254 e. The fourth-order valence-electron chi connectivity index (χ4n) is 3.68. The summed E-state index contributed by atoms with van der Waals surface area (Å²) < 4.78 is 32.9. The number of hydrogen-bond donors (Lipinski definition) is 0. The highest BCUT2D eigenvalue weighted by Gasteiger charge is 2.28. The number of aryl methyl sites for hydroxylation is 1. The van der Waals surface area contributed by atoms with Crippen LogP contribution in [0, 0.1) is 18.6 Å². The van der Waals surface area contributed by atoms with E-state index < -0.39 is 11.6 Å². The Morgan fingerprint density at radius 2 is 1.82 bits per heavy atom. The Morgan fingerprint density at radius 3 is 2.48 bits per heavy atom. The topological polar surface area (TPSA) is 51.1 Å². The summed E-state index contributed by atoms with van der Waals surface area (Å²) in [6, 6.07) is 18.0. The van der Waals surface area contributed by atoms with Crippen molar-refractivity contribution < 1.29 is 23.1 Å². The third kappa shape index (κ3) is 5.37. The number of hydrogen-bond acceptors (Lipinski definition) is 4. The molecule has 0 aliphatic carbocycles. The van der Waals surface area contributed by atoms with Gasteiger partial charge in [0, 0.05) is 30.2 Å². The summed E-state index contributed by atoms with van der Waals surface area (Å²) in [5.74, 6) is -1.04. The molecule has 0 radical (unpaired) electrons. The van der Waals surface area contributed by atoms with Crippen LogP contribution in [0.1, 0.15) is 33.5 Å². The van der Waals surface area contributed by atoms with Crippen molar-refractivity contribution in [2.24, 2.45) is 5.16 Å². The summed E-state index contributed by atoms with van der Waals surface area (Å²) in [4.78, 5) is 20.4. The number of methoxy groups -OCH3 is 1. The molecule has 1 unspecified atom stereocenters. The molecule has 0 aromatic heterocycles. The molecule has 1 amide bonds. The van der Waals surface area contributed by atoms with Crippen LogP contribution in [0.3, 0.4) is 0 Å². The Balaban J connectivity index is 1.53. The van der Waals surface area contributed by atoms with Gasteiger partial charge in [-0.1, -0.05) is 41.1 Å². The van der Waals surface area contributed by atoms with Gasteiger partial charge in [0.05, 0.1) is 19.4 Å². The first-order chi connectivity index (χ1) is 15.9. The van der Waals surface area contributed by atoms with Crippen LogP contribution in [0.5, 0.6) is 5.75 Å². The summed E-state index contributed by atoms with van der Waals surface area (Å²) in [7, 11) is 1.55. The summed E-state index contributed by atoms with van der Waals surface area (Å²) in [6.45, 7) is 2.17. The van der Waals surface area contributed by atoms with E-state index in [0.29, 0.717) is 17.7 Å². The standard InChI is InChI=1S/C26H24F2N2O3/c1-17-3-5-18(6-4-17)25-14-23(33-29-25)16-30(15-20-7-10-21(27)13-24(20)28)26(31)19-8-11-22(32-2)12-9-19/h3-13,23H,14-16H2,1-2H3. The number of carbonyl (C=O) groups is 1. The number of oxime groups is 1. The minimum atomic E-state index is -0.702. The molecular formula is C26H24F2N2O3. The zero-order valence-electron chi connectivity index (χ0n) is 18.4. The third-order valence-corrected chi connectivity index (χ3v) is 5.54. The van der Waals surface area contributed by atoms with E-state index in [9.17, 15) is 13.6 Å². The number of rotatable bonds is 7. The second kappa shape index (κ2) is 9.81. The average Bonchev–Trinajstić information content (AvgIpc) is 3.29. The van der Waals surface area contributed by atoms with E-state index in [-0.39, 0.29) is 30.7 Å². The van der Waals surface area contributed by atoms with Gasteiger partial charge in [0.25, 0.3) is 5.91 Å². The first kappa shape index (κ1) is 22.5. The zero-order valence-corrected chi connectivity index (χ0v) is 18.4. The number of nitrogens with zero attached hydrogens (tertiary/aromatic N) is 2. The maximum atomic E-state index is 14.4. The lowest BCUT2D eigenvalue weighted by molar-refractivity contribution is 0.0403. The molecule has 0 bridgehead atoms. The second-order valence-electron chi connectivity index (χ2n) is 7.99. The molecule has 1 aliphatic heterocycles. The van der Waals surface area contributed by atoms with E-state index in [1.807, 2.05) is 31.2 Å². The molecule has 0 spiro atoms. The van der Waals surface area contributed by atoms with E-state index >= 15 is 0 Å². The van der Waals surface area contributed by atoms with Crippen LogP contribution in [0.4, 0.5) is 8.78 Å². The molecule has 7 heteroatoms. The van der Waals surface area contributed by atoms with Crippen LogP contribution < -0.4 is 4.74 Å². The molecular weight excluding hydrogens is 426 g/mol. The first-order valence-electron chi connectivity index (χ1n) is 10.6. The van der Waals surface area contributed by atoms with Gasteiger partial charge in [-0.2, -0.15) is 0 Å². The number of benzene rings is 3. The molecule has 3 aromatic carbocycles. The Labute approximate surface area is 191 Å². The van der Waals surface area contributed by atoms with Gasteiger partial charge in [-0.05, 0) is 42.8 Å². The van der Waals surface area contributed by atoms with Gasteiger partial charge in [-0.25, -0.2) is 8.78 Å². The molecule has 3 aromatic rings. The molecule has 0 fully saturated rings. The van der Waals surface area contributed by atoms with Gasteiger partial charge in [-0.15, -0.1) is 0 Å². The van der Waals surface area contributed by atoms with Crippen molar-refractivity contribution in [3.8, 4) is 5.75 Å². The SMILES string of the molecule is COc1ccc(C(=O)N(Cc2ccc(F)cc2F)CC2CC(c3ccc(C)cc3)=NO2)cc1. The third-order valence-electron chi connectivity index (χ3n) is 5.54. The fourth-order valence-corrected chi connectivity index (χ4v) is 3.68. The van der Waals surface area contributed by atoms with E-state index in [4.69, 9.17) is 9.57 Å². The van der Waals surface area contributed by atoms with Gasteiger partial charge < -0.3 is 14.5 Å². The van der Waals surface area contributed by atoms with Gasteiger partial charge in [0.15, 0.2) is 6.10 Å². The van der Waals surface area contributed by atoms with Gasteiger partial charge in [-0.3, -0.25) is 4.79 Å². The Hall–Kier alpha value is -3.74. The number of amides is 1. The molecule has 5 nitrogen and oxygen atoms in total. The van der Waals surface area contributed by atoms with Crippen molar-refractivity contribution in [3.05, 3.63) is 101 Å². The lowest BCUT2D eigenvalue weighted by Crippen LogP contribution is -2.37. The van der Waals surface area contributed by atoms with E-state index in [0.717, 1.165) is 22.9 Å². The molecule has 1 heterocycles. The number of ether oxygens (including phenoxy) is 1. The van der Waals surface area contributed by atoms with Crippen LogP contribution in [-0.2, 0) is 11.4 Å². The van der Waals surface area contributed by atoms with Crippen LogP contribution >= 0.6 is 0 Å². The predicted molar refractivity (Wildman–Crippen MR) is 121 cm³/mol. The second-order valence-corrected chi connectivity index (χ2v) is 7.99. The summed E-state index contributed by atoms with van der Waals surface area (Å²) in [6.07, 6.45) is 0.133. The van der Waals surface area contributed by atoms with Gasteiger partial charge in [0.2, 0.25) is 0 Å². The molecule has 0 saturated heterocycles. The largest absolute Gasteiger partial charge is 0.497 e. The van der Waals surface area contributed by atoms with Crippen LogP contribution in [0.25, 0.3) is 0 Å². The van der Waals surface area contributed by atoms with Crippen molar-refractivity contribution in [1.29, 1.82) is 0 Å². The quantitative estimate of drug-likeness (QED) is 0.502. The number of carbonyl (C=O) groups excluding carboxylic acids is 1.